The van der Waals surface area contributed by atoms with E-state index in [2.05, 4.69) is 5.48 Å². The molecule has 1 aromatic rings. The number of hydroxylamine groups is 1. The van der Waals surface area contributed by atoms with Crippen molar-refractivity contribution in [2.24, 2.45) is 0 Å². The monoisotopic (exact) mass is 267 g/mol. The molecular formula is C14H18FNO3. The van der Waals surface area contributed by atoms with Crippen LogP contribution in [0.25, 0.3) is 0 Å². The van der Waals surface area contributed by atoms with Gasteiger partial charge in [0.15, 0.2) is 6.10 Å². The number of amides is 1. The first kappa shape index (κ1) is 13.8. The van der Waals surface area contributed by atoms with Crippen LogP contribution in [0.2, 0.25) is 0 Å². The Bertz CT molecular complexity index is 432. The summed E-state index contributed by atoms with van der Waals surface area (Å²) >= 11 is 0. The molecule has 1 atom stereocenters. The Balaban J connectivity index is 1.78. The van der Waals surface area contributed by atoms with Crippen LogP contribution in [0.5, 0.6) is 5.75 Å². The highest BCUT2D eigenvalue weighted by atomic mass is 19.1. The molecule has 1 unspecified atom stereocenters. The molecule has 4 nitrogen and oxygen atoms in total. The van der Waals surface area contributed by atoms with E-state index in [1.165, 1.54) is 18.2 Å². The fraction of sp³-hybridized carbons (Fsp3) is 0.500. The number of hydrogen-bond donors (Lipinski definition) is 1. The zero-order chi connectivity index (χ0) is 13.7. The minimum absolute atomic E-state index is 0.102. The number of halogens is 1. The van der Waals surface area contributed by atoms with Gasteiger partial charge in [0, 0.05) is 6.07 Å². The summed E-state index contributed by atoms with van der Waals surface area (Å²) in [5.41, 5.74) is 2.40. The maximum atomic E-state index is 13.0. The molecule has 1 N–H and O–H groups in total. The van der Waals surface area contributed by atoms with Crippen molar-refractivity contribution in [3.05, 3.63) is 30.1 Å². The lowest BCUT2D eigenvalue weighted by atomic mass is 10.3. The van der Waals surface area contributed by atoms with Crippen LogP contribution in [-0.2, 0) is 9.63 Å². The van der Waals surface area contributed by atoms with Crippen LogP contribution in [0.3, 0.4) is 0 Å². The quantitative estimate of drug-likeness (QED) is 0.834. The van der Waals surface area contributed by atoms with Gasteiger partial charge in [0.25, 0.3) is 5.91 Å². The van der Waals surface area contributed by atoms with Crippen molar-refractivity contribution < 1.29 is 18.8 Å². The van der Waals surface area contributed by atoms with Gasteiger partial charge in [-0.3, -0.25) is 9.63 Å². The van der Waals surface area contributed by atoms with Crippen molar-refractivity contribution in [2.75, 3.05) is 0 Å². The summed E-state index contributed by atoms with van der Waals surface area (Å²) in [5.74, 6) is -0.438. The highest BCUT2D eigenvalue weighted by molar-refractivity contribution is 5.79. The van der Waals surface area contributed by atoms with Crippen LogP contribution in [0.15, 0.2) is 24.3 Å². The number of benzene rings is 1. The van der Waals surface area contributed by atoms with E-state index in [4.69, 9.17) is 9.57 Å². The molecule has 19 heavy (non-hydrogen) atoms. The predicted octanol–water partition coefficient (Wildman–Crippen LogP) is 2.58. The fourth-order valence-electron chi connectivity index (χ4n) is 2.03. The number of nitrogens with one attached hydrogen (secondary N) is 1. The maximum absolute atomic E-state index is 13.0. The average molecular weight is 267 g/mol. The zero-order valence-electron chi connectivity index (χ0n) is 10.9. The normalized spacial score (nSPS) is 17.2. The summed E-state index contributed by atoms with van der Waals surface area (Å²) in [6.45, 7) is 1.60. The average Bonchev–Trinajstić information content (AvgIpc) is 2.89. The van der Waals surface area contributed by atoms with Crippen molar-refractivity contribution >= 4 is 5.91 Å². The van der Waals surface area contributed by atoms with Gasteiger partial charge >= 0.3 is 0 Å². The highest BCUT2D eigenvalue weighted by Crippen LogP contribution is 2.20. The fourth-order valence-corrected chi connectivity index (χ4v) is 2.03. The summed E-state index contributed by atoms with van der Waals surface area (Å²) < 4.78 is 18.3. The van der Waals surface area contributed by atoms with Crippen molar-refractivity contribution in [3.8, 4) is 5.75 Å². The first-order valence-corrected chi connectivity index (χ1v) is 6.53. The molecule has 1 fully saturated rings. The van der Waals surface area contributed by atoms with Gasteiger partial charge in [0.2, 0.25) is 0 Å². The Morgan fingerprint density at radius 3 is 2.84 bits per heavy atom. The van der Waals surface area contributed by atoms with E-state index in [9.17, 15) is 9.18 Å². The van der Waals surface area contributed by atoms with Crippen LogP contribution >= 0.6 is 0 Å². The second kappa shape index (κ2) is 6.52. The molecule has 1 aliphatic rings. The van der Waals surface area contributed by atoms with E-state index in [1.807, 2.05) is 0 Å². The summed E-state index contributed by atoms with van der Waals surface area (Å²) in [5, 5.41) is 0. The lowest BCUT2D eigenvalue weighted by Gasteiger charge is -2.16. The molecular weight excluding hydrogens is 249 g/mol. The van der Waals surface area contributed by atoms with Gasteiger partial charge in [-0.25, -0.2) is 9.87 Å². The Hall–Kier alpha value is -1.62. The maximum Gasteiger partial charge on any atom is 0.284 e. The van der Waals surface area contributed by atoms with Crippen molar-refractivity contribution in [1.82, 2.24) is 5.48 Å². The summed E-state index contributed by atoms with van der Waals surface area (Å²) in [6, 6.07) is 5.69. The van der Waals surface area contributed by atoms with Crippen LogP contribution < -0.4 is 10.2 Å². The standard InChI is InChI=1S/C14H18FNO3/c1-10(18-13-8-4-5-11(15)9-13)14(17)16-19-12-6-2-3-7-12/h4-5,8-10,12H,2-3,6-7H2,1H3,(H,16,17). The predicted molar refractivity (Wildman–Crippen MR) is 68.0 cm³/mol. The number of hydrogen-bond acceptors (Lipinski definition) is 3. The topological polar surface area (TPSA) is 47.6 Å². The van der Waals surface area contributed by atoms with E-state index in [-0.39, 0.29) is 12.0 Å². The molecule has 0 saturated heterocycles. The number of carbonyl (C=O) groups is 1. The van der Waals surface area contributed by atoms with E-state index in [0.717, 1.165) is 25.7 Å². The van der Waals surface area contributed by atoms with E-state index in [1.54, 1.807) is 13.0 Å². The van der Waals surface area contributed by atoms with Gasteiger partial charge in [-0.1, -0.05) is 18.9 Å². The third kappa shape index (κ3) is 4.21. The highest BCUT2D eigenvalue weighted by Gasteiger charge is 2.20. The molecule has 0 spiro atoms. The Kier molecular flexibility index (Phi) is 4.74. The molecule has 0 heterocycles. The number of carbonyl (C=O) groups excluding carboxylic acids is 1. The second-order valence-electron chi connectivity index (χ2n) is 4.71. The van der Waals surface area contributed by atoms with Gasteiger partial charge in [0.05, 0.1) is 6.10 Å². The molecule has 1 saturated carbocycles. The SMILES string of the molecule is CC(Oc1cccc(F)c1)C(=O)NOC1CCCC1. The zero-order valence-corrected chi connectivity index (χ0v) is 10.9. The van der Waals surface area contributed by atoms with Gasteiger partial charge < -0.3 is 4.74 Å². The molecule has 5 heteroatoms. The van der Waals surface area contributed by atoms with Gasteiger partial charge in [-0.15, -0.1) is 0 Å². The number of rotatable bonds is 5. The minimum atomic E-state index is -0.733. The molecule has 0 bridgehead atoms. The first-order chi connectivity index (χ1) is 9.15. The molecule has 2 rings (SSSR count). The molecule has 0 radical (unpaired) electrons. The van der Waals surface area contributed by atoms with Crippen LogP contribution in [0.4, 0.5) is 4.39 Å². The Morgan fingerprint density at radius 1 is 1.42 bits per heavy atom. The molecule has 1 aliphatic carbocycles. The van der Waals surface area contributed by atoms with E-state index in [0.29, 0.717) is 5.75 Å². The lowest BCUT2D eigenvalue weighted by Crippen LogP contribution is -2.38. The minimum Gasteiger partial charge on any atom is -0.481 e. The third-order valence-corrected chi connectivity index (χ3v) is 3.11. The molecule has 1 amide bonds. The van der Waals surface area contributed by atoms with E-state index < -0.39 is 11.9 Å². The van der Waals surface area contributed by atoms with Gasteiger partial charge in [-0.2, -0.15) is 0 Å². The molecule has 0 aliphatic heterocycles. The molecule has 1 aromatic carbocycles. The van der Waals surface area contributed by atoms with Crippen LogP contribution in [0.1, 0.15) is 32.6 Å². The van der Waals surface area contributed by atoms with Gasteiger partial charge in [-0.05, 0) is 31.9 Å². The smallest absolute Gasteiger partial charge is 0.284 e. The summed E-state index contributed by atoms with van der Waals surface area (Å²) in [7, 11) is 0. The van der Waals surface area contributed by atoms with Crippen molar-refractivity contribution in [1.29, 1.82) is 0 Å². The van der Waals surface area contributed by atoms with Crippen LogP contribution in [0, 0.1) is 5.82 Å². The van der Waals surface area contributed by atoms with Gasteiger partial charge in [0.1, 0.15) is 11.6 Å². The largest absolute Gasteiger partial charge is 0.481 e. The van der Waals surface area contributed by atoms with E-state index >= 15 is 0 Å². The third-order valence-electron chi connectivity index (χ3n) is 3.11. The van der Waals surface area contributed by atoms with Crippen LogP contribution in [-0.4, -0.2) is 18.1 Å². The Labute approximate surface area is 111 Å². The number of ether oxygens (including phenoxy) is 1. The summed E-state index contributed by atoms with van der Waals surface area (Å²) in [4.78, 5) is 17.0. The summed E-state index contributed by atoms with van der Waals surface area (Å²) in [6.07, 6.45) is 3.58. The molecule has 0 aromatic heterocycles. The van der Waals surface area contributed by atoms with Crippen molar-refractivity contribution in [3.63, 3.8) is 0 Å². The first-order valence-electron chi connectivity index (χ1n) is 6.53. The molecule has 104 valence electrons. The second-order valence-corrected chi connectivity index (χ2v) is 4.71. The Morgan fingerprint density at radius 2 is 2.16 bits per heavy atom. The lowest BCUT2D eigenvalue weighted by molar-refractivity contribution is -0.144. The van der Waals surface area contributed by atoms with Crippen molar-refractivity contribution in [2.45, 2.75) is 44.8 Å².